The summed E-state index contributed by atoms with van der Waals surface area (Å²) in [6, 6.07) is 8.28. The Bertz CT molecular complexity index is 464. The third-order valence-electron chi connectivity index (χ3n) is 3.59. The van der Waals surface area contributed by atoms with Crippen LogP contribution in [0.25, 0.3) is 0 Å². The van der Waals surface area contributed by atoms with Crippen LogP contribution in [0.1, 0.15) is 57.2 Å². The standard InChI is InChI=1S/C16H24N2O4/c1-2-3-4-5-6-10-13-17(16(19)20)15(18(21)22)14-11-8-7-9-12-14/h7-9,11-12,15H,2-6,10,13H2,1H3,(H,19,20). The number of carboxylic acid groups (broad SMARTS) is 1. The van der Waals surface area contributed by atoms with Crippen molar-refractivity contribution in [1.82, 2.24) is 4.90 Å². The molecule has 0 saturated heterocycles. The Balaban J connectivity index is 2.66. The second kappa shape index (κ2) is 9.76. The second-order valence-corrected chi connectivity index (χ2v) is 5.31. The molecule has 0 aliphatic heterocycles. The van der Waals surface area contributed by atoms with E-state index in [0.29, 0.717) is 12.0 Å². The summed E-state index contributed by atoms with van der Waals surface area (Å²) >= 11 is 0. The molecule has 1 rings (SSSR count). The first-order chi connectivity index (χ1) is 10.6. The molecule has 6 nitrogen and oxygen atoms in total. The lowest BCUT2D eigenvalue weighted by molar-refractivity contribution is -0.553. The van der Waals surface area contributed by atoms with Crippen LogP contribution < -0.4 is 0 Å². The molecular formula is C16H24N2O4. The average Bonchev–Trinajstić information content (AvgIpc) is 2.49. The normalized spacial score (nSPS) is 11.9. The van der Waals surface area contributed by atoms with Crippen molar-refractivity contribution in [3.8, 4) is 0 Å². The Hall–Kier alpha value is -2.11. The van der Waals surface area contributed by atoms with Crippen LogP contribution in [0.5, 0.6) is 0 Å². The van der Waals surface area contributed by atoms with Gasteiger partial charge in [-0.1, -0.05) is 69.4 Å². The lowest BCUT2D eigenvalue weighted by atomic mass is 10.1. The summed E-state index contributed by atoms with van der Waals surface area (Å²) in [4.78, 5) is 23.1. The number of carbonyl (C=O) groups is 1. The summed E-state index contributed by atoms with van der Waals surface area (Å²) in [5.41, 5.74) is 0.390. The topological polar surface area (TPSA) is 83.7 Å². The minimum absolute atomic E-state index is 0.183. The van der Waals surface area contributed by atoms with E-state index in [4.69, 9.17) is 0 Å². The van der Waals surface area contributed by atoms with Crippen molar-refractivity contribution in [1.29, 1.82) is 0 Å². The predicted molar refractivity (Wildman–Crippen MR) is 84.3 cm³/mol. The maximum atomic E-state index is 11.4. The summed E-state index contributed by atoms with van der Waals surface area (Å²) in [5.74, 6) is 0. The lowest BCUT2D eigenvalue weighted by Crippen LogP contribution is -2.38. The molecule has 122 valence electrons. The third kappa shape index (κ3) is 5.71. The van der Waals surface area contributed by atoms with Crippen molar-refractivity contribution in [2.75, 3.05) is 6.54 Å². The fourth-order valence-electron chi connectivity index (χ4n) is 2.43. The van der Waals surface area contributed by atoms with E-state index in [-0.39, 0.29) is 6.54 Å². The molecular weight excluding hydrogens is 284 g/mol. The van der Waals surface area contributed by atoms with E-state index in [0.717, 1.165) is 30.6 Å². The van der Waals surface area contributed by atoms with E-state index >= 15 is 0 Å². The summed E-state index contributed by atoms with van der Waals surface area (Å²) in [7, 11) is 0. The Morgan fingerprint density at radius 1 is 1.18 bits per heavy atom. The Morgan fingerprint density at radius 2 is 1.77 bits per heavy atom. The number of hydrogen-bond donors (Lipinski definition) is 1. The molecule has 0 aliphatic carbocycles. The summed E-state index contributed by atoms with van der Waals surface area (Å²) in [6.07, 6.45) is 3.43. The van der Waals surface area contributed by atoms with Gasteiger partial charge in [-0.25, -0.2) is 9.69 Å². The number of unbranched alkanes of at least 4 members (excludes halogenated alkanes) is 5. The van der Waals surface area contributed by atoms with Gasteiger partial charge in [0.15, 0.2) is 0 Å². The first kappa shape index (κ1) is 17.9. The number of rotatable bonds is 10. The number of nitro groups is 1. The smallest absolute Gasteiger partial charge is 0.412 e. The van der Waals surface area contributed by atoms with Gasteiger partial charge < -0.3 is 5.11 Å². The highest BCUT2D eigenvalue weighted by Gasteiger charge is 2.33. The van der Waals surface area contributed by atoms with Crippen LogP contribution in [-0.4, -0.2) is 27.6 Å². The molecule has 22 heavy (non-hydrogen) atoms. The first-order valence-electron chi connectivity index (χ1n) is 7.76. The maximum absolute atomic E-state index is 11.4. The van der Waals surface area contributed by atoms with Gasteiger partial charge in [0.25, 0.3) is 0 Å². The summed E-state index contributed by atoms with van der Waals surface area (Å²) in [6.45, 7) is 2.32. The monoisotopic (exact) mass is 308 g/mol. The van der Waals surface area contributed by atoms with Crippen LogP contribution in [0.15, 0.2) is 30.3 Å². The zero-order valence-corrected chi connectivity index (χ0v) is 13.0. The largest absolute Gasteiger partial charge is 0.465 e. The van der Waals surface area contributed by atoms with Gasteiger partial charge in [0, 0.05) is 12.1 Å². The molecule has 1 amide bonds. The molecule has 0 saturated carbocycles. The average molecular weight is 308 g/mol. The maximum Gasteiger partial charge on any atom is 0.412 e. The fourth-order valence-corrected chi connectivity index (χ4v) is 2.43. The number of hydrogen-bond acceptors (Lipinski definition) is 3. The molecule has 0 radical (unpaired) electrons. The van der Waals surface area contributed by atoms with E-state index < -0.39 is 17.2 Å². The molecule has 0 spiro atoms. The second-order valence-electron chi connectivity index (χ2n) is 5.31. The minimum Gasteiger partial charge on any atom is -0.465 e. The molecule has 0 bridgehead atoms. The predicted octanol–water partition coefficient (Wildman–Crippen LogP) is 4.30. The van der Waals surface area contributed by atoms with E-state index in [9.17, 15) is 20.0 Å². The van der Waals surface area contributed by atoms with Crippen molar-refractivity contribution in [2.24, 2.45) is 0 Å². The van der Waals surface area contributed by atoms with E-state index in [1.165, 1.54) is 6.42 Å². The molecule has 0 aromatic heterocycles. The molecule has 1 aromatic carbocycles. The van der Waals surface area contributed by atoms with Crippen molar-refractivity contribution in [3.05, 3.63) is 46.0 Å². The Morgan fingerprint density at radius 3 is 2.32 bits per heavy atom. The minimum atomic E-state index is -1.34. The quantitative estimate of drug-likeness (QED) is 0.302. The molecule has 1 aromatic rings. The lowest BCUT2D eigenvalue weighted by Gasteiger charge is -2.23. The molecule has 1 N–H and O–H groups in total. The van der Waals surface area contributed by atoms with Crippen molar-refractivity contribution in [2.45, 2.75) is 51.6 Å². The van der Waals surface area contributed by atoms with Crippen LogP contribution in [0.2, 0.25) is 0 Å². The van der Waals surface area contributed by atoms with Crippen LogP contribution in [0.3, 0.4) is 0 Å². The highest BCUT2D eigenvalue weighted by Crippen LogP contribution is 2.22. The Kier molecular flexibility index (Phi) is 7.96. The highest BCUT2D eigenvalue weighted by molar-refractivity contribution is 5.65. The molecule has 0 fully saturated rings. The van der Waals surface area contributed by atoms with Gasteiger partial charge in [-0.05, 0) is 6.42 Å². The molecule has 6 heteroatoms. The van der Waals surface area contributed by atoms with Gasteiger partial charge in [-0.3, -0.25) is 10.1 Å². The highest BCUT2D eigenvalue weighted by atomic mass is 16.6. The molecule has 0 aliphatic rings. The van der Waals surface area contributed by atoms with Crippen molar-refractivity contribution in [3.63, 3.8) is 0 Å². The van der Waals surface area contributed by atoms with E-state index in [1.807, 2.05) is 0 Å². The SMILES string of the molecule is CCCCCCCCN(C(=O)O)C(c1ccccc1)[N+](=O)[O-]. The van der Waals surface area contributed by atoms with Gasteiger partial charge in [0.05, 0.1) is 4.92 Å². The zero-order chi connectivity index (χ0) is 16.4. The van der Waals surface area contributed by atoms with Gasteiger partial charge in [-0.15, -0.1) is 0 Å². The first-order valence-corrected chi connectivity index (χ1v) is 7.76. The zero-order valence-electron chi connectivity index (χ0n) is 13.0. The fraction of sp³-hybridized carbons (Fsp3) is 0.562. The van der Waals surface area contributed by atoms with Crippen LogP contribution in [-0.2, 0) is 0 Å². The summed E-state index contributed by atoms with van der Waals surface area (Å²) in [5, 5.41) is 20.6. The van der Waals surface area contributed by atoms with Crippen LogP contribution in [0.4, 0.5) is 4.79 Å². The van der Waals surface area contributed by atoms with Crippen molar-refractivity contribution >= 4 is 6.09 Å². The van der Waals surface area contributed by atoms with Gasteiger partial charge in [-0.2, -0.15) is 0 Å². The molecule has 0 heterocycles. The van der Waals surface area contributed by atoms with Gasteiger partial charge in [0.1, 0.15) is 0 Å². The van der Waals surface area contributed by atoms with Crippen molar-refractivity contribution < 1.29 is 14.8 Å². The Labute approximate surface area is 130 Å². The van der Waals surface area contributed by atoms with E-state index in [1.54, 1.807) is 30.3 Å². The molecule has 1 unspecified atom stereocenters. The van der Waals surface area contributed by atoms with Gasteiger partial charge >= 0.3 is 12.3 Å². The summed E-state index contributed by atoms with van der Waals surface area (Å²) < 4.78 is 0. The van der Waals surface area contributed by atoms with Crippen LogP contribution in [0, 0.1) is 10.1 Å². The van der Waals surface area contributed by atoms with Gasteiger partial charge in [0.2, 0.25) is 0 Å². The number of nitrogens with zero attached hydrogens (tertiary/aromatic N) is 2. The van der Waals surface area contributed by atoms with Crippen LogP contribution >= 0.6 is 0 Å². The van der Waals surface area contributed by atoms with E-state index in [2.05, 4.69) is 6.92 Å². The molecule has 1 atom stereocenters. The third-order valence-corrected chi connectivity index (χ3v) is 3.59. The number of amides is 1. The number of benzene rings is 1.